The second kappa shape index (κ2) is 38.6. The summed E-state index contributed by atoms with van der Waals surface area (Å²) in [5, 5.41) is 19.9. The molecule has 43 heavy (non-hydrogen) atoms. The van der Waals surface area contributed by atoms with Crippen molar-refractivity contribution in [1.82, 2.24) is 0 Å². The molecule has 0 fully saturated rings. The molecule has 256 valence electrons. The number of aliphatic carboxylic acids is 2. The molecule has 0 aliphatic heterocycles. The molecule has 0 amide bonds. The minimum absolute atomic E-state index is 0.0736. The Kier molecular flexibility index (Phi) is 43.0. The van der Waals surface area contributed by atoms with E-state index in [0.29, 0.717) is 0 Å². The van der Waals surface area contributed by atoms with Crippen molar-refractivity contribution in [2.24, 2.45) is 11.8 Å². The molecule has 4 unspecified atom stereocenters. The number of thiol groups is 2. The van der Waals surface area contributed by atoms with Crippen LogP contribution in [-0.4, -0.2) is 43.6 Å². The first-order valence-corrected chi connectivity index (χ1v) is 23.2. The predicted molar refractivity (Wildman–Crippen MR) is 194 cm³/mol. The van der Waals surface area contributed by atoms with Gasteiger partial charge in [0.05, 0.1) is 11.9 Å². The zero-order chi connectivity index (χ0) is 33.1. The molecule has 0 aromatic heterocycles. The maximum atomic E-state index is 10.5. The summed E-state index contributed by atoms with van der Waals surface area (Å²) in [6.45, 7) is 12.9. The van der Waals surface area contributed by atoms with Gasteiger partial charge < -0.3 is 19.8 Å². The van der Waals surface area contributed by atoms with Crippen LogP contribution in [0.4, 0.5) is 0 Å². The molecule has 0 rings (SSSR count). The molecule has 4 nitrogen and oxygen atoms in total. The van der Waals surface area contributed by atoms with Gasteiger partial charge in [-0.2, -0.15) is 25.3 Å². The molecule has 0 aliphatic rings. The van der Waals surface area contributed by atoms with Gasteiger partial charge in [0.15, 0.2) is 0 Å². The topological polar surface area (TPSA) is 80.3 Å². The maximum absolute atomic E-state index is 10.5. The van der Waals surface area contributed by atoms with Crippen molar-refractivity contribution in [2.45, 2.75) is 202 Å². The van der Waals surface area contributed by atoms with Crippen LogP contribution in [0.3, 0.4) is 0 Å². The van der Waals surface area contributed by atoms with E-state index in [1.807, 2.05) is 13.8 Å². The van der Waals surface area contributed by atoms with Crippen LogP contribution in [-0.2, 0) is 9.59 Å². The SMILES string of the molecule is CCCCCC(CC)C(S)C(=O)[O-].CCCCCC(CC)C(S)C(=O)[O-].CCCCCCC[CH2][Sn+2][CH2]CCCCCCC. The number of hydrogen-bond donors (Lipinski definition) is 2. The van der Waals surface area contributed by atoms with E-state index in [1.54, 1.807) is 21.7 Å². The fourth-order valence-electron chi connectivity index (χ4n) is 5.05. The van der Waals surface area contributed by atoms with E-state index in [2.05, 4.69) is 53.0 Å². The molecule has 0 spiro atoms. The molecule has 0 saturated heterocycles. The van der Waals surface area contributed by atoms with Gasteiger partial charge in [0.1, 0.15) is 0 Å². The Bertz CT molecular complexity index is 531. The second-order valence-corrected chi connectivity index (χ2v) is 17.5. The summed E-state index contributed by atoms with van der Waals surface area (Å²) in [5.41, 5.74) is 0. The van der Waals surface area contributed by atoms with Crippen molar-refractivity contribution >= 4 is 58.3 Å². The fraction of sp³-hybridized carbons (Fsp3) is 0.944. The van der Waals surface area contributed by atoms with Crippen LogP contribution in [0.1, 0.15) is 183 Å². The average Bonchev–Trinajstić information content (AvgIpc) is 3.00. The molecule has 4 atom stereocenters. The van der Waals surface area contributed by atoms with E-state index in [9.17, 15) is 19.8 Å². The standard InChI is InChI=1S/2C10H20O2S.2C8H17.Sn/c2*1-3-5-6-7-8(4-2)9(13)10(11)12;2*1-3-5-7-8-6-4-2;/h2*8-9,13H,3-7H2,1-2H3,(H,11,12);2*1,3-8H2,2H3;/q;;;;+2/p-2. The third kappa shape index (κ3) is 35.1. The number of carbonyl (C=O) groups is 2. The molecule has 0 aromatic carbocycles. The van der Waals surface area contributed by atoms with Crippen LogP contribution in [0.2, 0.25) is 8.87 Å². The summed E-state index contributed by atoms with van der Waals surface area (Å²) in [5.74, 6) is -1.74. The van der Waals surface area contributed by atoms with E-state index in [4.69, 9.17) is 0 Å². The van der Waals surface area contributed by atoms with E-state index >= 15 is 0 Å². The van der Waals surface area contributed by atoms with Gasteiger partial charge >= 0.3 is 121 Å². The van der Waals surface area contributed by atoms with Crippen LogP contribution in [0.15, 0.2) is 0 Å². The first kappa shape index (κ1) is 47.8. The molecule has 0 heterocycles. The van der Waals surface area contributed by atoms with Crippen LogP contribution in [0.25, 0.3) is 0 Å². The van der Waals surface area contributed by atoms with Gasteiger partial charge in [0, 0.05) is 10.5 Å². The summed E-state index contributed by atoms with van der Waals surface area (Å²) in [4.78, 5) is 21.1. The number of carboxylic acid groups (broad SMARTS) is 2. The van der Waals surface area contributed by atoms with Gasteiger partial charge in [-0.3, -0.25) is 0 Å². The summed E-state index contributed by atoms with van der Waals surface area (Å²) in [6.07, 6.45) is 28.3. The first-order chi connectivity index (χ1) is 20.7. The van der Waals surface area contributed by atoms with Crippen molar-refractivity contribution in [3.05, 3.63) is 0 Å². The van der Waals surface area contributed by atoms with Gasteiger partial charge in [-0.15, -0.1) is 0 Å². The van der Waals surface area contributed by atoms with Crippen LogP contribution in [0.5, 0.6) is 0 Å². The van der Waals surface area contributed by atoms with E-state index in [-0.39, 0.29) is 33.0 Å². The summed E-state index contributed by atoms with van der Waals surface area (Å²) in [6, 6.07) is 0. The van der Waals surface area contributed by atoms with Gasteiger partial charge in [-0.1, -0.05) is 79.1 Å². The Morgan fingerprint density at radius 3 is 1.05 bits per heavy atom. The molecule has 7 heteroatoms. The minimum atomic E-state index is -1.04. The normalized spacial score (nSPS) is 13.4. The third-order valence-electron chi connectivity index (χ3n) is 8.20. The van der Waals surface area contributed by atoms with Crippen molar-refractivity contribution in [1.29, 1.82) is 0 Å². The van der Waals surface area contributed by atoms with Crippen molar-refractivity contribution in [2.75, 3.05) is 0 Å². The number of carbonyl (C=O) groups excluding carboxylic acids is 2. The van der Waals surface area contributed by atoms with Crippen molar-refractivity contribution in [3.8, 4) is 0 Å². The molecule has 0 saturated carbocycles. The van der Waals surface area contributed by atoms with Gasteiger partial charge in [-0.25, -0.2) is 0 Å². The monoisotopic (exact) mass is 752 g/mol. The Morgan fingerprint density at radius 2 is 0.767 bits per heavy atom. The first-order valence-electron chi connectivity index (χ1n) is 18.2. The number of unbranched alkanes of at least 4 members (excludes halogenated alkanes) is 14. The molecule has 0 radical (unpaired) electrons. The molecule has 0 aliphatic carbocycles. The Labute approximate surface area is 290 Å². The van der Waals surface area contributed by atoms with Gasteiger partial charge in [0.2, 0.25) is 0 Å². The van der Waals surface area contributed by atoms with Crippen LogP contribution in [0, 0.1) is 11.8 Å². The van der Waals surface area contributed by atoms with Crippen molar-refractivity contribution in [3.63, 3.8) is 0 Å². The third-order valence-corrected chi connectivity index (χ3v) is 13.5. The Balaban J connectivity index is -0.000000566. The molecular formula is C36H72O4S2Sn. The Hall–Kier alpha value is 0.439. The van der Waals surface area contributed by atoms with Gasteiger partial charge in [-0.05, 0) is 24.7 Å². The summed E-state index contributed by atoms with van der Waals surface area (Å²) in [7, 11) is 0. The number of hydrogen-bond acceptors (Lipinski definition) is 6. The van der Waals surface area contributed by atoms with Crippen molar-refractivity contribution < 1.29 is 19.8 Å². The molecule has 0 aromatic rings. The second-order valence-electron chi connectivity index (χ2n) is 12.1. The summed E-state index contributed by atoms with van der Waals surface area (Å²) >= 11 is 8.15. The molecule has 0 N–H and O–H groups in total. The quantitative estimate of drug-likeness (QED) is 0.0475. The van der Waals surface area contributed by atoms with Crippen LogP contribution < -0.4 is 10.2 Å². The zero-order valence-corrected chi connectivity index (χ0v) is 34.0. The van der Waals surface area contributed by atoms with E-state index < -0.39 is 22.4 Å². The molecular weight excluding hydrogens is 679 g/mol. The van der Waals surface area contributed by atoms with Gasteiger partial charge in [0.25, 0.3) is 0 Å². The summed E-state index contributed by atoms with van der Waals surface area (Å²) < 4.78 is 3.31. The number of rotatable bonds is 28. The van der Waals surface area contributed by atoms with E-state index in [0.717, 1.165) is 38.5 Å². The predicted octanol–water partition coefficient (Wildman–Crippen LogP) is 9.53. The molecule has 0 bridgehead atoms. The number of carboxylic acids is 2. The Morgan fingerprint density at radius 1 is 0.488 bits per heavy atom. The average molecular weight is 752 g/mol. The van der Waals surface area contributed by atoms with E-state index in [1.165, 1.54) is 89.9 Å². The zero-order valence-electron chi connectivity index (χ0n) is 29.3. The fourth-order valence-corrected chi connectivity index (χ4v) is 9.34. The van der Waals surface area contributed by atoms with Crippen LogP contribution >= 0.6 is 25.3 Å².